The molecule has 4 rings (SSSR count). The first-order chi connectivity index (χ1) is 18.9. The van der Waals surface area contributed by atoms with E-state index in [4.69, 9.17) is 9.15 Å². The number of carbonyl (C=O) groups is 1. The van der Waals surface area contributed by atoms with Crippen LogP contribution < -0.4 is 4.31 Å². The molecule has 1 amide bonds. The molecular weight excluding hydrogens is 544 g/mol. The molecule has 2 aromatic carbocycles. The van der Waals surface area contributed by atoms with Crippen LogP contribution in [0.3, 0.4) is 0 Å². The smallest absolute Gasteiger partial charge is 0.410 e. The Hall–Kier alpha value is -3.58. The van der Waals surface area contributed by atoms with Crippen molar-refractivity contribution in [2.24, 2.45) is 0 Å². The SMILES string of the molecule is CC(C)(C)OC(=O)N1CCN(CCS(=O)(=O)N(Cc2ccc(-c3nnc(C(F)F)o3)cc2)c2ccccc2)CC1. The number of para-hydroxylation sites is 1. The molecule has 1 saturated heterocycles. The number of piperazine rings is 1. The molecule has 2 heterocycles. The van der Waals surface area contributed by atoms with Crippen LogP contribution in [0.1, 0.15) is 38.7 Å². The van der Waals surface area contributed by atoms with Gasteiger partial charge in [-0.15, -0.1) is 10.2 Å². The minimum Gasteiger partial charge on any atom is -0.444 e. The fourth-order valence-corrected chi connectivity index (χ4v) is 5.64. The van der Waals surface area contributed by atoms with E-state index in [-0.39, 0.29) is 24.3 Å². The number of sulfonamides is 1. The number of benzene rings is 2. The van der Waals surface area contributed by atoms with Crippen molar-refractivity contribution in [3.63, 3.8) is 0 Å². The standard InChI is InChI=1S/C27H33F2N5O5S/c1-27(2,3)39-26(35)33-15-13-32(14-16-33)17-18-40(36,37)34(22-7-5-4-6-8-22)19-20-9-11-21(12-10-20)24-30-31-25(38-24)23(28)29/h4-12,23H,13-19H2,1-3H3. The Morgan fingerprint density at radius 2 is 1.68 bits per heavy atom. The predicted molar refractivity (Wildman–Crippen MR) is 145 cm³/mol. The molecule has 0 atom stereocenters. The number of hydrogen-bond acceptors (Lipinski definition) is 8. The fraction of sp³-hybridized carbons (Fsp3) is 0.444. The van der Waals surface area contributed by atoms with E-state index in [1.165, 1.54) is 4.31 Å². The van der Waals surface area contributed by atoms with Crippen LogP contribution >= 0.6 is 0 Å². The molecule has 0 N–H and O–H groups in total. The molecular formula is C27H33F2N5O5S. The monoisotopic (exact) mass is 577 g/mol. The maximum Gasteiger partial charge on any atom is 0.410 e. The van der Waals surface area contributed by atoms with E-state index < -0.39 is 27.9 Å². The lowest BCUT2D eigenvalue weighted by Gasteiger charge is -2.35. The van der Waals surface area contributed by atoms with Crippen molar-refractivity contribution in [1.29, 1.82) is 0 Å². The highest BCUT2D eigenvalue weighted by molar-refractivity contribution is 7.92. The summed E-state index contributed by atoms with van der Waals surface area (Å²) in [5, 5.41) is 6.98. The van der Waals surface area contributed by atoms with E-state index in [9.17, 15) is 22.0 Å². The van der Waals surface area contributed by atoms with Gasteiger partial charge in [-0.2, -0.15) is 8.78 Å². The molecule has 0 aliphatic carbocycles. The number of nitrogens with zero attached hydrogens (tertiary/aromatic N) is 5. The summed E-state index contributed by atoms with van der Waals surface area (Å²) >= 11 is 0. The topological polar surface area (TPSA) is 109 Å². The molecule has 13 heteroatoms. The van der Waals surface area contributed by atoms with Crippen molar-refractivity contribution in [3.8, 4) is 11.5 Å². The Morgan fingerprint density at radius 1 is 1.02 bits per heavy atom. The van der Waals surface area contributed by atoms with Gasteiger partial charge in [0, 0.05) is 38.3 Å². The molecule has 216 valence electrons. The maximum absolute atomic E-state index is 13.6. The summed E-state index contributed by atoms with van der Waals surface area (Å²) in [7, 11) is -3.73. The lowest BCUT2D eigenvalue weighted by Crippen LogP contribution is -2.51. The fourth-order valence-electron chi connectivity index (χ4n) is 4.14. The van der Waals surface area contributed by atoms with E-state index in [1.807, 2.05) is 31.7 Å². The lowest BCUT2D eigenvalue weighted by atomic mass is 10.1. The van der Waals surface area contributed by atoms with Crippen molar-refractivity contribution >= 4 is 21.8 Å². The average molecular weight is 578 g/mol. The van der Waals surface area contributed by atoms with E-state index in [0.29, 0.717) is 49.5 Å². The average Bonchev–Trinajstić information content (AvgIpc) is 3.42. The molecule has 40 heavy (non-hydrogen) atoms. The first-order valence-electron chi connectivity index (χ1n) is 12.9. The molecule has 0 unspecified atom stereocenters. The first kappa shape index (κ1) is 29.4. The summed E-state index contributed by atoms with van der Waals surface area (Å²) in [6, 6.07) is 15.5. The molecule has 0 radical (unpaired) electrons. The third kappa shape index (κ3) is 7.75. The highest BCUT2D eigenvalue weighted by atomic mass is 32.2. The van der Waals surface area contributed by atoms with E-state index in [1.54, 1.807) is 53.4 Å². The second-order valence-electron chi connectivity index (χ2n) is 10.4. The lowest BCUT2D eigenvalue weighted by molar-refractivity contribution is 0.0149. The Balaban J connectivity index is 1.41. The van der Waals surface area contributed by atoms with Crippen molar-refractivity contribution in [1.82, 2.24) is 20.0 Å². The molecule has 1 fully saturated rings. The van der Waals surface area contributed by atoms with Gasteiger partial charge in [0.2, 0.25) is 15.9 Å². The molecule has 10 nitrogen and oxygen atoms in total. The van der Waals surface area contributed by atoms with Gasteiger partial charge in [0.15, 0.2) is 0 Å². The van der Waals surface area contributed by atoms with Crippen molar-refractivity contribution in [2.75, 3.05) is 42.8 Å². The third-order valence-electron chi connectivity index (χ3n) is 6.22. The summed E-state index contributed by atoms with van der Waals surface area (Å²) in [6.07, 6.45) is -3.23. The highest BCUT2D eigenvalue weighted by Gasteiger charge is 2.28. The van der Waals surface area contributed by atoms with Gasteiger partial charge in [-0.1, -0.05) is 30.3 Å². The van der Waals surface area contributed by atoms with Gasteiger partial charge in [0.25, 0.3) is 5.89 Å². The Bertz CT molecular complexity index is 1370. The molecule has 1 aliphatic heterocycles. The molecule has 0 bridgehead atoms. The predicted octanol–water partition coefficient (Wildman–Crippen LogP) is 4.56. The summed E-state index contributed by atoms with van der Waals surface area (Å²) in [5.74, 6) is -0.905. The zero-order valence-electron chi connectivity index (χ0n) is 22.7. The van der Waals surface area contributed by atoms with E-state index in [2.05, 4.69) is 10.2 Å². The number of alkyl halides is 2. The van der Waals surface area contributed by atoms with Gasteiger partial charge in [0.1, 0.15) is 5.60 Å². The van der Waals surface area contributed by atoms with Crippen LogP contribution in [0.4, 0.5) is 19.3 Å². The van der Waals surface area contributed by atoms with Crippen LogP contribution in [0.15, 0.2) is 59.0 Å². The van der Waals surface area contributed by atoms with Gasteiger partial charge in [-0.3, -0.25) is 9.21 Å². The Kier molecular flexibility index (Phi) is 9.04. The minimum atomic E-state index is -3.73. The highest BCUT2D eigenvalue weighted by Crippen LogP contribution is 2.26. The van der Waals surface area contributed by atoms with E-state index >= 15 is 0 Å². The van der Waals surface area contributed by atoms with Gasteiger partial charge in [0.05, 0.1) is 18.0 Å². The molecule has 1 aliphatic rings. The van der Waals surface area contributed by atoms with Crippen molar-refractivity contribution in [2.45, 2.75) is 39.3 Å². The number of hydrogen-bond donors (Lipinski definition) is 0. The second-order valence-corrected chi connectivity index (χ2v) is 12.4. The molecule has 0 spiro atoms. The minimum absolute atomic E-state index is 0.0406. The zero-order valence-corrected chi connectivity index (χ0v) is 23.5. The summed E-state index contributed by atoms with van der Waals surface area (Å²) in [5.41, 5.74) is 1.09. The van der Waals surface area contributed by atoms with E-state index in [0.717, 1.165) is 0 Å². The third-order valence-corrected chi connectivity index (χ3v) is 7.93. The Labute approximate surface area is 232 Å². The quantitative estimate of drug-likeness (QED) is 0.364. The molecule has 0 saturated carbocycles. The summed E-state index contributed by atoms with van der Waals surface area (Å²) < 4.78 is 64.5. The van der Waals surface area contributed by atoms with Crippen LogP contribution in [-0.4, -0.2) is 78.6 Å². The maximum atomic E-state index is 13.6. The number of carbonyl (C=O) groups excluding carboxylic acids is 1. The van der Waals surface area contributed by atoms with Crippen LogP contribution in [-0.2, 0) is 21.3 Å². The molecule has 1 aromatic heterocycles. The Morgan fingerprint density at radius 3 is 2.25 bits per heavy atom. The normalized spacial score (nSPS) is 14.9. The van der Waals surface area contributed by atoms with Crippen LogP contribution in [0.2, 0.25) is 0 Å². The number of halogens is 2. The zero-order chi connectivity index (χ0) is 28.9. The summed E-state index contributed by atoms with van der Waals surface area (Å²) in [6.45, 7) is 7.86. The second kappa shape index (κ2) is 12.3. The number of amides is 1. The van der Waals surface area contributed by atoms with Gasteiger partial charge in [-0.25, -0.2) is 13.2 Å². The van der Waals surface area contributed by atoms with Crippen molar-refractivity contribution in [3.05, 3.63) is 66.1 Å². The number of anilines is 1. The van der Waals surface area contributed by atoms with Crippen LogP contribution in [0.25, 0.3) is 11.5 Å². The first-order valence-corrected chi connectivity index (χ1v) is 14.5. The molecule has 3 aromatic rings. The van der Waals surface area contributed by atoms with Crippen LogP contribution in [0, 0.1) is 0 Å². The van der Waals surface area contributed by atoms with Crippen LogP contribution in [0.5, 0.6) is 0 Å². The van der Waals surface area contributed by atoms with Gasteiger partial charge in [-0.05, 0) is 50.6 Å². The summed E-state index contributed by atoms with van der Waals surface area (Å²) in [4.78, 5) is 16.0. The van der Waals surface area contributed by atoms with Gasteiger partial charge < -0.3 is 14.1 Å². The van der Waals surface area contributed by atoms with Crippen molar-refractivity contribution < 1.29 is 31.1 Å². The largest absolute Gasteiger partial charge is 0.444 e. The number of ether oxygens (including phenoxy) is 1. The van der Waals surface area contributed by atoms with Gasteiger partial charge >= 0.3 is 12.5 Å². The number of aromatic nitrogens is 2. The number of rotatable bonds is 9.